The maximum atomic E-state index is 6.19. The molecule has 0 aliphatic heterocycles. The van der Waals surface area contributed by atoms with E-state index < -0.39 is 0 Å². The van der Waals surface area contributed by atoms with Gasteiger partial charge in [0.1, 0.15) is 0 Å². The largest absolute Gasteiger partial charge is 0.0987 e. The molecule has 0 unspecified atom stereocenters. The summed E-state index contributed by atoms with van der Waals surface area (Å²) in [6, 6.07) is 0. The lowest BCUT2D eigenvalue weighted by atomic mass is 10.1. The van der Waals surface area contributed by atoms with Crippen LogP contribution in [-0.2, 0) is 0 Å². The third kappa shape index (κ3) is 7.44. The van der Waals surface area contributed by atoms with Crippen LogP contribution in [0.3, 0.4) is 0 Å². The van der Waals surface area contributed by atoms with Gasteiger partial charge in [-0.15, -0.1) is 0 Å². The van der Waals surface area contributed by atoms with E-state index in [1.165, 1.54) is 36.8 Å². The van der Waals surface area contributed by atoms with E-state index in [-0.39, 0.29) is 0 Å². The molecule has 0 rings (SSSR count). The van der Waals surface area contributed by atoms with E-state index >= 15 is 0 Å². The summed E-state index contributed by atoms with van der Waals surface area (Å²) >= 11 is 6.19. The molecule has 0 amide bonds. The number of allylic oxidation sites excluding steroid dienone is 5. The molecule has 0 spiro atoms. The second-order valence-corrected chi connectivity index (χ2v) is 4.52. The van der Waals surface area contributed by atoms with E-state index in [1.807, 2.05) is 12.2 Å². The molecule has 0 radical (unpaired) electrons. The van der Waals surface area contributed by atoms with Gasteiger partial charge in [0.05, 0.1) is 0 Å². The molecule has 0 atom stereocenters. The van der Waals surface area contributed by atoms with Gasteiger partial charge in [0.2, 0.25) is 0 Å². The van der Waals surface area contributed by atoms with E-state index in [0.717, 1.165) is 11.5 Å². The van der Waals surface area contributed by atoms with Gasteiger partial charge in [-0.05, 0) is 38.3 Å². The minimum Gasteiger partial charge on any atom is -0.0987 e. The molecule has 0 N–H and O–H groups in total. The summed E-state index contributed by atoms with van der Waals surface area (Å²) in [5.74, 6) is 0. The molecule has 0 bridgehead atoms. The predicted molar refractivity (Wildman–Crippen MR) is 71.3 cm³/mol. The molecule has 1 heteroatoms. The Morgan fingerprint density at radius 1 is 1.20 bits per heavy atom. The summed E-state index contributed by atoms with van der Waals surface area (Å²) in [6.07, 6.45) is 10.0. The first-order chi connectivity index (χ1) is 7.11. The highest BCUT2D eigenvalue weighted by molar-refractivity contribution is 6.31. The average molecular weight is 227 g/mol. The van der Waals surface area contributed by atoms with Crippen molar-refractivity contribution in [1.29, 1.82) is 0 Å². The minimum absolute atomic E-state index is 0.849. The summed E-state index contributed by atoms with van der Waals surface area (Å²) in [5, 5.41) is 0.849. The van der Waals surface area contributed by atoms with Gasteiger partial charge >= 0.3 is 0 Å². The zero-order valence-electron chi connectivity index (χ0n) is 10.3. The van der Waals surface area contributed by atoms with Crippen molar-refractivity contribution < 1.29 is 0 Å². The SMILES string of the molecule is C=C/C(CCCCCC)=C(/Cl)C=C(C)C. The van der Waals surface area contributed by atoms with Crippen LogP contribution in [0, 0.1) is 0 Å². The molecule has 0 nitrogen and oxygen atoms in total. The van der Waals surface area contributed by atoms with Crippen LogP contribution in [0.1, 0.15) is 52.9 Å². The molecule has 15 heavy (non-hydrogen) atoms. The van der Waals surface area contributed by atoms with Crippen LogP contribution in [-0.4, -0.2) is 0 Å². The second-order valence-electron chi connectivity index (χ2n) is 4.11. The Kier molecular flexibility index (Phi) is 8.50. The Morgan fingerprint density at radius 2 is 1.87 bits per heavy atom. The maximum Gasteiger partial charge on any atom is 0.0437 e. The van der Waals surface area contributed by atoms with E-state index in [2.05, 4.69) is 27.4 Å². The fourth-order valence-electron chi connectivity index (χ4n) is 1.41. The summed E-state index contributed by atoms with van der Waals surface area (Å²) < 4.78 is 0. The van der Waals surface area contributed by atoms with Gasteiger partial charge in [-0.2, -0.15) is 0 Å². The fourth-order valence-corrected chi connectivity index (χ4v) is 1.80. The smallest absolute Gasteiger partial charge is 0.0437 e. The zero-order chi connectivity index (χ0) is 11.7. The van der Waals surface area contributed by atoms with E-state index in [0.29, 0.717) is 0 Å². The Labute approximate surface area is 99.7 Å². The highest BCUT2D eigenvalue weighted by atomic mass is 35.5. The van der Waals surface area contributed by atoms with Gasteiger partial charge in [0, 0.05) is 5.03 Å². The highest BCUT2D eigenvalue weighted by Crippen LogP contribution is 2.20. The number of hydrogen-bond acceptors (Lipinski definition) is 0. The summed E-state index contributed by atoms with van der Waals surface area (Å²) in [5.41, 5.74) is 2.40. The fraction of sp³-hybridized carbons (Fsp3) is 0.571. The van der Waals surface area contributed by atoms with Gasteiger partial charge in [-0.3, -0.25) is 0 Å². The molecular weight excluding hydrogens is 204 g/mol. The van der Waals surface area contributed by atoms with Gasteiger partial charge in [-0.25, -0.2) is 0 Å². The molecule has 0 heterocycles. The van der Waals surface area contributed by atoms with Crippen molar-refractivity contribution in [2.45, 2.75) is 52.9 Å². The van der Waals surface area contributed by atoms with Crippen LogP contribution in [0.25, 0.3) is 0 Å². The van der Waals surface area contributed by atoms with Crippen LogP contribution in [0.2, 0.25) is 0 Å². The first kappa shape index (κ1) is 14.5. The molecule has 0 aromatic heterocycles. The Bertz CT molecular complexity index is 242. The van der Waals surface area contributed by atoms with Gasteiger partial charge in [-0.1, -0.05) is 56.0 Å². The third-order valence-electron chi connectivity index (χ3n) is 2.27. The highest BCUT2D eigenvalue weighted by Gasteiger charge is 1.98. The van der Waals surface area contributed by atoms with E-state index in [9.17, 15) is 0 Å². The normalized spacial score (nSPS) is 12.0. The molecule has 0 aromatic carbocycles. The van der Waals surface area contributed by atoms with Crippen LogP contribution in [0.15, 0.2) is 34.9 Å². The van der Waals surface area contributed by atoms with E-state index in [1.54, 1.807) is 0 Å². The number of rotatable bonds is 7. The molecule has 0 aromatic rings. The Balaban J connectivity index is 4.22. The van der Waals surface area contributed by atoms with Crippen LogP contribution >= 0.6 is 11.6 Å². The third-order valence-corrected chi connectivity index (χ3v) is 2.62. The summed E-state index contributed by atoms with van der Waals surface area (Å²) in [6.45, 7) is 10.2. The maximum absolute atomic E-state index is 6.19. The van der Waals surface area contributed by atoms with Crippen molar-refractivity contribution in [1.82, 2.24) is 0 Å². The first-order valence-electron chi connectivity index (χ1n) is 5.77. The van der Waals surface area contributed by atoms with Crippen molar-refractivity contribution in [2.75, 3.05) is 0 Å². The van der Waals surface area contributed by atoms with Crippen LogP contribution in [0.4, 0.5) is 0 Å². The molecule has 0 fully saturated rings. The van der Waals surface area contributed by atoms with Crippen LogP contribution < -0.4 is 0 Å². The molecule has 0 aliphatic rings. The molecule has 86 valence electrons. The lowest BCUT2D eigenvalue weighted by Crippen LogP contribution is -1.84. The quantitative estimate of drug-likeness (QED) is 0.392. The number of hydrogen-bond donors (Lipinski definition) is 0. The molecule has 0 aliphatic carbocycles. The van der Waals surface area contributed by atoms with Crippen molar-refractivity contribution in [2.24, 2.45) is 0 Å². The van der Waals surface area contributed by atoms with Crippen molar-refractivity contribution in [3.63, 3.8) is 0 Å². The Hall–Kier alpha value is -0.490. The van der Waals surface area contributed by atoms with Crippen molar-refractivity contribution >= 4 is 11.6 Å². The monoisotopic (exact) mass is 226 g/mol. The average Bonchev–Trinajstić information content (AvgIpc) is 2.16. The standard InChI is InChI=1S/C14H23Cl/c1-5-7-8-9-10-13(6-2)14(15)11-12(3)4/h6,11H,2,5,7-10H2,1,3-4H3/b14-13-. The van der Waals surface area contributed by atoms with Crippen molar-refractivity contribution in [3.05, 3.63) is 34.9 Å². The molecule has 0 saturated heterocycles. The molecule has 0 saturated carbocycles. The predicted octanol–water partition coefficient (Wildman–Crippen LogP) is 5.60. The molecular formula is C14H23Cl. The lowest BCUT2D eigenvalue weighted by Gasteiger charge is -2.04. The van der Waals surface area contributed by atoms with E-state index in [4.69, 9.17) is 11.6 Å². The van der Waals surface area contributed by atoms with Crippen molar-refractivity contribution in [3.8, 4) is 0 Å². The van der Waals surface area contributed by atoms with Crippen LogP contribution in [0.5, 0.6) is 0 Å². The zero-order valence-corrected chi connectivity index (χ0v) is 11.0. The topological polar surface area (TPSA) is 0 Å². The second kappa shape index (κ2) is 8.79. The number of unbranched alkanes of at least 4 members (excludes halogenated alkanes) is 3. The lowest BCUT2D eigenvalue weighted by molar-refractivity contribution is 0.668. The van der Waals surface area contributed by atoms with Gasteiger partial charge in [0.15, 0.2) is 0 Å². The van der Waals surface area contributed by atoms with Gasteiger partial charge < -0.3 is 0 Å². The summed E-state index contributed by atoms with van der Waals surface area (Å²) in [7, 11) is 0. The first-order valence-corrected chi connectivity index (χ1v) is 6.15. The number of halogens is 1. The van der Waals surface area contributed by atoms with Gasteiger partial charge in [0.25, 0.3) is 0 Å². The minimum atomic E-state index is 0.849. The summed E-state index contributed by atoms with van der Waals surface area (Å²) in [4.78, 5) is 0. The Morgan fingerprint density at radius 3 is 2.33 bits per heavy atom.